The molecule has 1 fully saturated rings. The van der Waals surface area contributed by atoms with Gasteiger partial charge in [0.15, 0.2) is 0 Å². The highest BCUT2D eigenvalue weighted by Crippen LogP contribution is 2.43. The second-order valence-electron chi connectivity index (χ2n) is 5.90. The summed E-state index contributed by atoms with van der Waals surface area (Å²) in [6.45, 7) is 5.40. The fraction of sp³-hybridized carbons (Fsp3) is 0.625. The maximum absolute atomic E-state index is 6.03. The fourth-order valence-corrected chi connectivity index (χ4v) is 3.24. The molecule has 1 aliphatic carbocycles. The van der Waals surface area contributed by atoms with E-state index in [4.69, 9.17) is 5.73 Å². The number of hydrogen-bond donors (Lipinski definition) is 1. The van der Waals surface area contributed by atoms with E-state index in [0.29, 0.717) is 5.41 Å². The molecule has 0 bridgehead atoms. The van der Waals surface area contributed by atoms with Crippen LogP contribution < -0.4 is 5.73 Å². The van der Waals surface area contributed by atoms with Crippen molar-refractivity contribution < 1.29 is 0 Å². The van der Waals surface area contributed by atoms with Crippen LogP contribution in [0.3, 0.4) is 0 Å². The predicted molar refractivity (Wildman–Crippen MR) is 74.0 cm³/mol. The molecule has 1 aromatic carbocycles. The van der Waals surface area contributed by atoms with Crippen LogP contribution in [0.4, 0.5) is 0 Å². The molecule has 1 nitrogen and oxygen atoms in total. The molecule has 2 unspecified atom stereocenters. The van der Waals surface area contributed by atoms with Gasteiger partial charge < -0.3 is 5.73 Å². The van der Waals surface area contributed by atoms with Gasteiger partial charge in [-0.3, -0.25) is 0 Å². The van der Waals surface area contributed by atoms with Crippen LogP contribution in [0.15, 0.2) is 24.3 Å². The van der Waals surface area contributed by atoms with Crippen molar-refractivity contribution in [1.82, 2.24) is 0 Å². The van der Waals surface area contributed by atoms with Crippen molar-refractivity contribution in [2.24, 2.45) is 17.1 Å². The minimum absolute atomic E-state index is 0.382. The smallest absolute Gasteiger partial charge is 0.00172 e. The van der Waals surface area contributed by atoms with Crippen molar-refractivity contribution in [3.63, 3.8) is 0 Å². The van der Waals surface area contributed by atoms with Gasteiger partial charge in [-0.15, -0.1) is 0 Å². The van der Waals surface area contributed by atoms with E-state index in [9.17, 15) is 0 Å². The highest BCUT2D eigenvalue weighted by atomic mass is 14.6. The Balaban J connectivity index is 2.07. The molecule has 94 valence electrons. The summed E-state index contributed by atoms with van der Waals surface area (Å²) < 4.78 is 0. The third-order valence-corrected chi connectivity index (χ3v) is 4.39. The maximum atomic E-state index is 6.03. The van der Waals surface area contributed by atoms with Gasteiger partial charge in [0.25, 0.3) is 0 Å². The normalized spacial score (nSPS) is 28.5. The Kier molecular flexibility index (Phi) is 3.88. The molecule has 0 heterocycles. The van der Waals surface area contributed by atoms with Gasteiger partial charge in [-0.25, -0.2) is 0 Å². The summed E-state index contributed by atoms with van der Waals surface area (Å²) in [5, 5.41) is 0. The van der Waals surface area contributed by atoms with Crippen LogP contribution in [0, 0.1) is 11.3 Å². The summed E-state index contributed by atoms with van der Waals surface area (Å²) in [5.41, 5.74) is 9.30. The zero-order chi connectivity index (χ0) is 12.3. The summed E-state index contributed by atoms with van der Waals surface area (Å²) in [5.74, 6) is 0.855. The average Bonchev–Trinajstić information content (AvgIpc) is 2.72. The van der Waals surface area contributed by atoms with Crippen molar-refractivity contribution in [3.05, 3.63) is 35.4 Å². The van der Waals surface area contributed by atoms with E-state index in [2.05, 4.69) is 38.1 Å². The summed E-state index contributed by atoms with van der Waals surface area (Å²) in [7, 11) is 0. The van der Waals surface area contributed by atoms with Crippen LogP contribution >= 0.6 is 0 Å². The molecule has 1 aliphatic rings. The van der Waals surface area contributed by atoms with E-state index in [-0.39, 0.29) is 0 Å². The Morgan fingerprint density at radius 3 is 2.35 bits per heavy atom. The Hall–Kier alpha value is -0.820. The van der Waals surface area contributed by atoms with Crippen LogP contribution in [0.1, 0.15) is 44.2 Å². The van der Waals surface area contributed by atoms with Gasteiger partial charge >= 0.3 is 0 Å². The summed E-state index contributed by atoms with van der Waals surface area (Å²) in [4.78, 5) is 0. The van der Waals surface area contributed by atoms with Gasteiger partial charge in [0, 0.05) is 0 Å². The molecule has 0 aliphatic heterocycles. The lowest BCUT2D eigenvalue weighted by Crippen LogP contribution is -2.30. The minimum atomic E-state index is 0.382. The topological polar surface area (TPSA) is 26.0 Å². The number of nitrogens with two attached hydrogens (primary N) is 1. The minimum Gasteiger partial charge on any atom is -0.330 e. The van der Waals surface area contributed by atoms with Crippen molar-refractivity contribution in [3.8, 4) is 0 Å². The summed E-state index contributed by atoms with van der Waals surface area (Å²) in [6.07, 6.45) is 6.25. The molecule has 0 amide bonds. The second kappa shape index (κ2) is 5.22. The molecule has 17 heavy (non-hydrogen) atoms. The van der Waals surface area contributed by atoms with Gasteiger partial charge in [0.1, 0.15) is 0 Å². The van der Waals surface area contributed by atoms with Gasteiger partial charge in [-0.2, -0.15) is 0 Å². The van der Waals surface area contributed by atoms with Crippen LogP contribution in [-0.2, 0) is 12.8 Å². The van der Waals surface area contributed by atoms with Crippen molar-refractivity contribution in [2.75, 3.05) is 6.54 Å². The molecular formula is C16H25N. The molecule has 0 spiro atoms. The SMILES string of the molecule is CCc1ccc(CC2(CN)CCC(C)C2)cc1. The largest absolute Gasteiger partial charge is 0.330 e. The average molecular weight is 231 g/mol. The standard InChI is InChI=1S/C16H25N/c1-3-14-4-6-15(7-5-14)11-16(12-17)9-8-13(2)10-16/h4-7,13H,3,8-12,17H2,1-2H3. The summed E-state index contributed by atoms with van der Waals surface area (Å²) in [6, 6.07) is 9.11. The summed E-state index contributed by atoms with van der Waals surface area (Å²) >= 11 is 0. The van der Waals surface area contributed by atoms with E-state index < -0.39 is 0 Å². The lowest BCUT2D eigenvalue weighted by atomic mass is 9.79. The Morgan fingerprint density at radius 1 is 1.24 bits per heavy atom. The molecule has 0 saturated heterocycles. The Morgan fingerprint density at radius 2 is 1.88 bits per heavy atom. The molecular weight excluding hydrogens is 206 g/mol. The number of rotatable bonds is 4. The number of aryl methyl sites for hydroxylation is 1. The van der Waals surface area contributed by atoms with E-state index in [0.717, 1.165) is 25.3 Å². The first-order valence-electron chi connectivity index (χ1n) is 6.95. The number of benzene rings is 1. The first-order chi connectivity index (χ1) is 8.17. The molecule has 1 heteroatoms. The second-order valence-corrected chi connectivity index (χ2v) is 5.90. The van der Waals surface area contributed by atoms with Gasteiger partial charge in [-0.05, 0) is 54.7 Å². The first kappa shape index (κ1) is 12.6. The monoisotopic (exact) mass is 231 g/mol. The molecule has 1 saturated carbocycles. The quantitative estimate of drug-likeness (QED) is 0.842. The van der Waals surface area contributed by atoms with Crippen molar-refractivity contribution in [1.29, 1.82) is 0 Å². The van der Waals surface area contributed by atoms with Crippen LogP contribution in [-0.4, -0.2) is 6.54 Å². The van der Waals surface area contributed by atoms with Crippen LogP contribution in [0.2, 0.25) is 0 Å². The molecule has 1 aromatic rings. The Labute approximate surface area is 105 Å². The molecule has 0 radical (unpaired) electrons. The maximum Gasteiger partial charge on any atom is -0.00172 e. The van der Waals surface area contributed by atoms with E-state index in [1.54, 1.807) is 0 Å². The van der Waals surface area contributed by atoms with E-state index in [1.807, 2.05) is 0 Å². The van der Waals surface area contributed by atoms with Gasteiger partial charge in [0.2, 0.25) is 0 Å². The van der Waals surface area contributed by atoms with Crippen molar-refractivity contribution in [2.45, 2.75) is 46.0 Å². The lowest BCUT2D eigenvalue weighted by Gasteiger charge is -2.27. The van der Waals surface area contributed by atoms with E-state index >= 15 is 0 Å². The van der Waals surface area contributed by atoms with Crippen molar-refractivity contribution >= 4 is 0 Å². The lowest BCUT2D eigenvalue weighted by molar-refractivity contribution is 0.295. The zero-order valence-corrected chi connectivity index (χ0v) is 11.2. The zero-order valence-electron chi connectivity index (χ0n) is 11.2. The van der Waals surface area contributed by atoms with Crippen LogP contribution in [0.5, 0.6) is 0 Å². The fourth-order valence-electron chi connectivity index (χ4n) is 3.24. The third-order valence-electron chi connectivity index (χ3n) is 4.39. The molecule has 2 N–H and O–H groups in total. The Bertz CT molecular complexity index is 354. The first-order valence-corrected chi connectivity index (χ1v) is 6.95. The van der Waals surface area contributed by atoms with E-state index in [1.165, 1.54) is 30.4 Å². The predicted octanol–water partition coefficient (Wildman–Crippen LogP) is 3.56. The number of hydrogen-bond acceptors (Lipinski definition) is 1. The van der Waals surface area contributed by atoms with Gasteiger partial charge in [0.05, 0.1) is 0 Å². The molecule has 0 aromatic heterocycles. The highest BCUT2D eigenvalue weighted by molar-refractivity contribution is 5.24. The molecule has 2 atom stereocenters. The third kappa shape index (κ3) is 2.90. The van der Waals surface area contributed by atoms with Crippen LogP contribution in [0.25, 0.3) is 0 Å². The van der Waals surface area contributed by atoms with Gasteiger partial charge in [-0.1, -0.05) is 44.5 Å². The highest BCUT2D eigenvalue weighted by Gasteiger charge is 2.36. The molecule has 2 rings (SSSR count).